The molecule has 0 spiro atoms. The Morgan fingerprint density at radius 3 is 0.838 bits per heavy atom. The maximum atomic E-state index is 16.0. The van der Waals surface area contributed by atoms with Crippen molar-refractivity contribution in [2.24, 2.45) is 0 Å². The molecule has 5 rings (SSSR count). The maximum absolute atomic E-state index is 16.0. The van der Waals surface area contributed by atoms with Crippen molar-refractivity contribution in [2.75, 3.05) is 26.2 Å². The molecule has 0 saturated heterocycles. The first kappa shape index (κ1) is 61.8. The van der Waals surface area contributed by atoms with Crippen molar-refractivity contribution >= 4 is 53.1 Å². The number of carbonyl (C=O) groups excluding carboxylic acids is 3. The molecule has 0 bridgehead atoms. The second-order valence-electron chi connectivity index (χ2n) is 13.7. The Labute approximate surface area is 423 Å². The zero-order valence-electron chi connectivity index (χ0n) is 37.8. The van der Waals surface area contributed by atoms with E-state index >= 15 is 14.3 Å². The predicted molar refractivity (Wildman–Crippen MR) is 254 cm³/mol. The van der Waals surface area contributed by atoms with Crippen molar-refractivity contribution in [3.05, 3.63) is 202 Å². The molecule has 0 fully saturated rings. The zero-order chi connectivity index (χ0) is 50.9. The number of carbonyl (C=O) groups is 3. The zero-order valence-corrected chi connectivity index (χ0v) is 41.6. The number of likely N-dealkylation sites (N-methyl/N-ethyl adjacent to an activating group) is 2. The van der Waals surface area contributed by atoms with Gasteiger partial charge in [0, 0.05) is 59.5 Å². The minimum absolute atomic E-state index is 0. The minimum Gasteiger partial charge on any atom is -0.618 e. The van der Waals surface area contributed by atoms with Crippen molar-refractivity contribution in [3.8, 4) is 0 Å². The molecule has 1 heterocycles. The molecular weight excluding hydrogens is 1080 g/mol. The number of aromatic nitrogens is 1. The number of amides is 2. The van der Waals surface area contributed by atoms with E-state index in [1.54, 1.807) is 113 Å². The van der Waals surface area contributed by atoms with Crippen molar-refractivity contribution in [1.82, 2.24) is 9.80 Å². The number of rotatable bonds is 14. The third-order valence-electron chi connectivity index (χ3n) is 9.47. The average Bonchev–Trinajstić information content (AvgIpc) is 3.29. The molecule has 0 aliphatic rings. The number of hydrogen-bond acceptors (Lipinski definition) is 15. The molecule has 2 amide bonds. The first-order chi connectivity index (χ1) is 31.6. The molecule has 2 atom stereocenters. The molecule has 1 radical (unpaired) electrons. The van der Waals surface area contributed by atoms with Crippen LogP contribution in [0.3, 0.4) is 0 Å². The van der Waals surface area contributed by atoms with Gasteiger partial charge in [0.15, 0.2) is 25.6 Å². The summed E-state index contributed by atoms with van der Waals surface area (Å²) in [6.45, 7) is 11.7. The molecule has 0 aliphatic heterocycles. The third kappa shape index (κ3) is 17.8. The summed E-state index contributed by atoms with van der Waals surface area (Å²) in [4.78, 5) is 66.9. The molecule has 1 aromatic heterocycles. The normalized spacial score (nSPS) is 11.1. The number of nitrogens with zero attached hydrogens (tertiary/aromatic N) is 6. The van der Waals surface area contributed by atoms with Gasteiger partial charge in [0.2, 0.25) is 23.2 Å². The van der Waals surface area contributed by atoms with Crippen LogP contribution in [-0.2, 0) is 23.5 Å². The van der Waals surface area contributed by atoms with E-state index in [0.29, 0.717) is 52.1 Å². The molecule has 367 valence electrons. The first-order valence-corrected chi connectivity index (χ1v) is 23.8. The fraction of sp³-hybridized carbons (Fsp3) is 0.273. The molecule has 68 heavy (non-hydrogen) atoms. The summed E-state index contributed by atoms with van der Waals surface area (Å²) < 4.78 is 32.5. The smallest absolute Gasteiger partial charge is 0.618 e. The van der Waals surface area contributed by atoms with Gasteiger partial charge in [-0.1, -0.05) is 121 Å². The van der Waals surface area contributed by atoms with Crippen LogP contribution in [0.2, 0.25) is 0 Å². The van der Waals surface area contributed by atoms with Gasteiger partial charge >= 0.3 is 38.2 Å². The summed E-state index contributed by atoms with van der Waals surface area (Å²) in [5, 5.41) is 61.1. The Kier molecular flexibility index (Phi) is 28.1. The van der Waals surface area contributed by atoms with Crippen LogP contribution >= 0.6 is 14.3 Å². The summed E-state index contributed by atoms with van der Waals surface area (Å²) >= 11 is 0. The largest absolute Gasteiger partial charge is 3.00 e. The number of benzene rings is 4. The van der Waals surface area contributed by atoms with Crippen LogP contribution in [0.25, 0.3) is 0 Å². The molecule has 0 unspecified atom stereocenters. The summed E-state index contributed by atoms with van der Waals surface area (Å²) in [5.74, 6) is -0.780. The Morgan fingerprint density at radius 2 is 0.662 bits per heavy atom. The van der Waals surface area contributed by atoms with Gasteiger partial charge < -0.3 is 74.9 Å². The standard InChI is InChI=1S/C41H45N3O5P2.C3H6O.Dy.3NO3/c1-5-42(6-2)40(45)38(50(48,32-22-13-9-14-23-32)33-24-15-10-16-25-33)36-30-21-31-37(44(36)47)39(41(46)43(7-3)8-4)51(49,34-26-17-11-18-27-34)35-28-19-12-20-29-35;1-3(2)4;;3*2-1(3)4/h9-31,38-39H,5-8H2,1-4H3;1-2H3;;;;/q;;+3;3*-1/t38-,39+;;;;;. The van der Waals surface area contributed by atoms with Crippen LogP contribution in [-0.4, -0.2) is 68.8 Å². The van der Waals surface area contributed by atoms with E-state index in [4.69, 9.17) is 46.0 Å². The van der Waals surface area contributed by atoms with Crippen LogP contribution in [0.4, 0.5) is 0 Å². The summed E-state index contributed by atoms with van der Waals surface area (Å²) in [7, 11) is -7.91. The molecule has 24 heteroatoms. The Hall–Kier alpha value is -6.23. The quantitative estimate of drug-likeness (QED) is 0.0402. The molecule has 0 aliphatic carbocycles. The van der Waals surface area contributed by atoms with Gasteiger partial charge in [0.25, 0.3) is 0 Å². The first-order valence-electron chi connectivity index (χ1n) is 20.2. The summed E-state index contributed by atoms with van der Waals surface area (Å²) in [6.07, 6.45) is 0. The van der Waals surface area contributed by atoms with E-state index in [1.165, 1.54) is 26.0 Å². The molecule has 0 N–H and O–H groups in total. The molecule has 4 aromatic carbocycles. The van der Waals surface area contributed by atoms with E-state index < -0.39 is 52.7 Å². The van der Waals surface area contributed by atoms with Crippen LogP contribution in [0.15, 0.2) is 140 Å². The Balaban J connectivity index is 0.00000229. The number of ketones is 1. The van der Waals surface area contributed by atoms with Crippen molar-refractivity contribution in [1.29, 1.82) is 0 Å². The fourth-order valence-electron chi connectivity index (χ4n) is 6.78. The Bertz CT molecular complexity index is 2180. The monoisotopic (exact) mass is 1130 g/mol. The maximum Gasteiger partial charge on any atom is 3.00 e. The van der Waals surface area contributed by atoms with E-state index in [0.717, 1.165) is 0 Å². The van der Waals surface area contributed by atoms with Crippen LogP contribution in [0.5, 0.6) is 0 Å². The van der Waals surface area contributed by atoms with Crippen LogP contribution < -0.4 is 25.9 Å². The van der Waals surface area contributed by atoms with E-state index in [2.05, 4.69) is 0 Å². The van der Waals surface area contributed by atoms with E-state index in [9.17, 15) is 14.4 Å². The van der Waals surface area contributed by atoms with Gasteiger partial charge in [-0.2, -0.15) is 4.73 Å². The van der Waals surface area contributed by atoms with Crippen molar-refractivity contribution < 1.29 is 81.7 Å². The van der Waals surface area contributed by atoms with Gasteiger partial charge in [-0.15, -0.1) is 0 Å². The molecular formula is C44H51DyN6O15P2. The predicted octanol–water partition coefficient (Wildman–Crippen LogP) is 6.05. The molecule has 21 nitrogen and oxygen atoms in total. The molecule has 5 aromatic rings. The summed E-state index contributed by atoms with van der Waals surface area (Å²) in [5.41, 5.74) is -3.05. The van der Waals surface area contributed by atoms with Crippen LogP contribution in [0, 0.1) is 89.3 Å². The third-order valence-corrected chi connectivity index (χ3v) is 16.2. The summed E-state index contributed by atoms with van der Waals surface area (Å²) in [6, 6.07) is 39.8. The fourth-order valence-corrected chi connectivity index (χ4v) is 13.1. The molecule has 0 saturated carbocycles. The number of hydrogen-bond donors (Lipinski definition) is 0. The Morgan fingerprint density at radius 1 is 0.471 bits per heavy atom. The van der Waals surface area contributed by atoms with Gasteiger partial charge in [-0.25, -0.2) is 0 Å². The van der Waals surface area contributed by atoms with Gasteiger partial charge in [-0.3, -0.25) is 9.59 Å². The number of Topliss-reactive ketones (excluding diaryl/α,β-unsaturated/α-hetero) is 1. The van der Waals surface area contributed by atoms with Crippen LogP contribution in [0.1, 0.15) is 64.2 Å². The van der Waals surface area contributed by atoms with E-state index in [-0.39, 0.29) is 55.3 Å². The van der Waals surface area contributed by atoms with Gasteiger partial charge in [0.05, 0.1) is 15.3 Å². The SMILES string of the molecule is CC(C)=O.CCN(CC)C(=O)[C@H](c1cccc([C@H](C(=O)N(CC)CC)P(=O)(c2ccccc2)c2ccccc2)[n+]1[O-])P(=O)(c1ccccc1)c1ccccc1.O=[N+]([O-])[O-].O=[N+]([O-])[O-].O=[N+]([O-])[O-].[Dy+3]. The topological polar surface area (TPSA) is 317 Å². The van der Waals surface area contributed by atoms with E-state index in [1.807, 2.05) is 52.0 Å². The van der Waals surface area contributed by atoms with Gasteiger partial charge in [-0.05, 0) is 47.6 Å². The van der Waals surface area contributed by atoms with Crippen molar-refractivity contribution in [2.45, 2.75) is 52.9 Å². The van der Waals surface area contributed by atoms with Crippen molar-refractivity contribution in [3.63, 3.8) is 0 Å². The second kappa shape index (κ2) is 30.9. The minimum atomic E-state index is -3.96. The van der Waals surface area contributed by atoms with Gasteiger partial charge in [0.1, 0.15) is 5.78 Å². The number of pyridine rings is 1. The second-order valence-corrected chi connectivity index (χ2v) is 19.5. The average molecular weight is 1130 g/mol.